The summed E-state index contributed by atoms with van der Waals surface area (Å²) >= 11 is 0. The largest absolute Gasteiger partial charge is 0.396 e. The maximum Gasteiger partial charge on any atom is 0.0499 e. The fourth-order valence-electron chi connectivity index (χ4n) is 3.02. The lowest BCUT2D eigenvalue weighted by molar-refractivity contribution is 0.0376. The van der Waals surface area contributed by atoms with E-state index in [9.17, 15) is 5.11 Å². The third-order valence-electron chi connectivity index (χ3n) is 4.52. The first-order valence-electron chi connectivity index (χ1n) is 7.49. The summed E-state index contributed by atoms with van der Waals surface area (Å²) in [5, 5.41) is 9.75. The second-order valence-corrected chi connectivity index (χ2v) is 6.06. The van der Waals surface area contributed by atoms with Crippen molar-refractivity contribution in [3.05, 3.63) is 0 Å². The molecule has 2 heteroatoms. The lowest BCUT2D eigenvalue weighted by Gasteiger charge is -2.40. The van der Waals surface area contributed by atoms with Gasteiger partial charge in [-0.05, 0) is 25.3 Å². The zero-order valence-corrected chi connectivity index (χ0v) is 12.0. The zero-order chi connectivity index (χ0) is 12.7. The Hall–Kier alpha value is -0.0800. The number of rotatable bonds is 7. The molecule has 1 rings (SSSR count). The fourth-order valence-corrected chi connectivity index (χ4v) is 3.02. The molecule has 102 valence electrons. The molecule has 0 aromatic heterocycles. The van der Waals surface area contributed by atoms with Crippen LogP contribution in [0.3, 0.4) is 0 Å². The molecule has 0 aliphatic heterocycles. The van der Waals surface area contributed by atoms with Crippen molar-refractivity contribution in [2.24, 2.45) is 11.3 Å². The number of nitrogens with zero attached hydrogens (tertiary/aromatic N) is 1. The second kappa shape index (κ2) is 7.38. The molecule has 1 aliphatic carbocycles. The van der Waals surface area contributed by atoms with Crippen LogP contribution < -0.4 is 0 Å². The number of hydrogen-bond donors (Lipinski definition) is 1. The zero-order valence-electron chi connectivity index (χ0n) is 12.0. The molecular formula is C15H31NO. The van der Waals surface area contributed by atoms with E-state index in [4.69, 9.17) is 0 Å². The quantitative estimate of drug-likeness (QED) is 0.739. The SMILES string of the molecule is CCC(C)CN(CC)CC1(CO)CCCCC1. The number of aliphatic hydroxyl groups is 1. The highest BCUT2D eigenvalue weighted by Gasteiger charge is 2.33. The van der Waals surface area contributed by atoms with Crippen LogP contribution in [0.25, 0.3) is 0 Å². The van der Waals surface area contributed by atoms with Crippen LogP contribution in [-0.4, -0.2) is 36.2 Å². The lowest BCUT2D eigenvalue weighted by Crippen LogP contribution is -2.43. The molecular weight excluding hydrogens is 210 g/mol. The summed E-state index contributed by atoms with van der Waals surface area (Å²) in [5.41, 5.74) is 0.210. The molecule has 0 bridgehead atoms. The van der Waals surface area contributed by atoms with Crippen LogP contribution in [0.4, 0.5) is 0 Å². The summed E-state index contributed by atoms with van der Waals surface area (Å²) in [7, 11) is 0. The molecule has 1 fully saturated rings. The molecule has 0 spiro atoms. The summed E-state index contributed by atoms with van der Waals surface area (Å²) in [6.45, 7) is 10.6. The Morgan fingerprint density at radius 2 is 1.82 bits per heavy atom. The fraction of sp³-hybridized carbons (Fsp3) is 1.00. The standard InChI is InChI=1S/C15H31NO/c1-4-14(3)11-16(5-2)12-15(13-17)9-7-6-8-10-15/h14,17H,4-13H2,1-3H3. The van der Waals surface area contributed by atoms with Crippen LogP contribution in [0.15, 0.2) is 0 Å². The van der Waals surface area contributed by atoms with Gasteiger partial charge in [-0.25, -0.2) is 0 Å². The van der Waals surface area contributed by atoms with E-state index in [0.717, 1.165) is 19.0 Å². The smallest absolute Gasteiger partial charge is 0.0499 e. The van der Waals surface area contributed by atoms with Crippen molar-refractivity contribution in [1.29, 1.82) is 0 Å². The van der Waals surface area contributed by atoms with Crippen molar-refractivity contribution in [2.75, 3.05) is 26.2 Å². The third-order valence-corrected chi connectivity index (χ3v) is 4.52. The van der Waals surface area contributed by atoms with Crippen LogP contribution >= 0.6 is 0 Å². The molecule has 1 aliphatic rings. The summed E-state index contributed by atoms with van der Waals surface area (Å²) in [6.07, 6.45) is 7.67. The van der Waals surface area contributed by atoms with Crippen LogP contribution in [0.1, 0.15) is 59.3 Å². The number of hydrogen-bond acceptors (Lipinski definition) is 2. The van der Waals surface area contributed by atoms with E-state index >= 15 is 0 Å². The summed E-state index contributed by atoms with van der Waals surface area (Å²) in [5.74, 6) is 0.772. The molecule has 0 aromatic carbocycles. The molecule has 0 radical (unpaired) electrons. The molecule has 0 amide bonds. The van der Waals surface area contributed by atoms with E-state index in [0.29, 0.717) is 6.61 Å². The molecule has 0 aromatic rings. The van der Waals surface area contributed by atoms with E-state index in [2.05, 4.69) is 25.7 Å². The van der Waals surface area contributed by atoms with Gasteiger partial charge in [0.25, 0.3) is 0 Å². The van der Waals surface area contributed by atoms with Crippen LogP contribution in [-0.2, 0) is 0 Å². The third kappa shape index (κ3) is 4.59. The van der Waals surface area contributed by atoms with Gasteiger partial charge in [-0.2, -0.15) is 0 Å². The van der Waals surface area contributed by atoms with Gasteiger partial charge in [0.2, 0.25) is 0 Å². The van der Waals surface area contributed by atoms with Gasteiger partial charge in [0.05, 0.1) is 0 Å². The van der Waals surface area contributed by atoms with Gasteiger partial charge in [0.15, 0.2) is 0 Å². The van der Waals surface area contributed by atoms with Gasteiger partial charge in [-0.15, -0.1) is 0 Å². The van der Waals surface area contributed by atoms with Crippen molar-refractivity contribution in [2.45, 2.75) is 59.3 Å². The van der Waals surface area contributed by atoms with Crippen LogP contribution in [0.5, 0.6) is 0 Å². The van der Waals surface area contributed by atoms with Crippen molar-refractivity contribution < 1.29 is 5.11 Å². The Morgan fingerprint density at radius 1 is 1.18 bits per heavy atom. The lowest BCUT2D eigenvalue weighted by atomic mass is 9.74. The highest BCUT2D eigenvalue weighted by molar-refractivity contribution is 4.85. The Kier molecular flexibility index (Phi) is 6.50. The highest BCUT2D eigenvalue weighted by atomic mass is 16.3. The van der Waals surface area contributed by atoms with Crippen LogP contribution in [0, 0.1) is 11.3 Å². The van der Waals surface area contributed by atoms with E-state index in [1.54, 1.807) is 0 Å². The van der Waals surface area contributed by atoms with Gasteiger partial charge in [-0.1, -0.05) is 46.5 Å². The molecule has 0 heterocycles. The molecule has 1 unspecified atom stereocenters. The topological polar surface area (TPSA) is 23.5 Å². The molecule has 17 heavy (non-hydrogen) atoms. The maximum atomic E-state index is 9.75. The summed E-state index contributed by atoms with van der Waals surface area (Å²) in [4.78, 5) is 2.55. The summed E-state index contributed by atoms with van der Waals surface area (Å²) < 4.78 is 0. The molecule has 1 atom stereocenters. The summed E-state index contributed by atoms with van der Waals surface area (Å²) in [6, 6.07) is 0. The van der Waals surface area contributed by atoms with Gasteiger partial charge >= 0.3 is 0 Å². The van der Waals surface area contributed by atoms with Gasteiger partial charge in [-0.3, -0.25) is 0 Å². The van der Waals surface area contributed by atoms with E-state index in [1.165, 1.54) is 45.1 Å². The monoisotopic (exact) mass is 241 g/mol. The van der Waals surface area contributed by atoms with Gasteiger partial charge in [0.1, 0.15) is 0 Å². The first-order chi connectivity index (χ1) is 8.15. The number of aliphatic hydroxyl groups excluding tert-OH is 1. The van der Waals surface area contributed by atoms with Crippen molar-refractivity contribution >= 4 is 0 Å². The molecule has 0 saturated heterocycles. The highest BCUT2D eigenvalue weighted by Crippen LogP contribution is 2.36. The van der Waals surface area contributed by atoms with Crippen molar-refractivity contribution in [3.8, 4) is 0 Å². The predicted molar refractivity (Wildman–Crippen MR) is 74.2 cm³/mol. The van der Waals surface area contributed by atoms with Gasteiger partial charge < -0.3 is 10.0 Å². The van der Waals surface area contributed by atoms with E-state index in [-0.39, 0.29) is 5.41 Å². The molecule has 1 saturated carbocycles. The Morgan fingerprint density at radius 3 is 2.29 bits per heavy atom. The Balaban J connectivity index is 2.51. The minimum Gasteiger partial charge on any atom is -0.396 e. The van der Waals surface area contributed by atoms with Crippen molar-refractivity contribution in [1.82, 2.24) is 4.90 Å². The minimum atomic E-state index is 0.210. The van der Waals surface area contributed by atoms with E-state index in [1.807, 2.05) is 0 Å². The predicted octanol–water partition coefficient (Wildman–Crippen LogP) is 3.30. The maximum absolute atomic E-state index is 9.75. The Bertz CT molecular complexity index is 199. The van der Waals surface area contributed by atoms with E-state index < -0.39 is 0 Å². The second-order valence-electron chi connectivity index (χ2n) is 6.06. The minimum absolute atomic E-state index is 0.210. The average Bonchev–Trinajstić information content (AvgIpc) is 2.38. The first kappa shape index (κ1) is 15.0. The molecule has 2 nitrogen and oxygen atoms in total. The van der Waals surface area contributed by atoms with Gasteiger partial charge in [0, 0.05) is 25.1 Å². The van der Waals surface area contributed by atoms with Crippen LogP contribution in [0.2, 0.25) is 0 Å². The first-order valence-corrected chi connectivity index (χ1v) is 7.49. The normalized spacial score (nSPS) is 21.7. The Labute approximate surface area is 107 Å². The van der Waals surface area contributed by atoms with Crippen molar-refractivity contribution in [3.63, 3.8) is 0 Å². The molecule has 1 N–H and O–H groups in total. The average molecular weight is 241 g/mol.